The highest BCUT2D eigenvalue weighted by Crippen LogP contribution is 2.24. The lowest BCUT2D eigenvalue weighted by Gasteiger charge is -2.28. The topological polar surface area (TPSA) is 55.8 Å². The van der Waals surface area contributed by atoms with E-state index in [0.717, 1.165) is 0 Å². The van der Waals surface area contributed by atoms with Crippen LogP contribution in [0, 0.1) is 0 Å². The summed E-state index contributed by atoms with van der Waals surface area (Å²) in [6.45, 7) is 0.835. The monoisotopic (exact) mass is 347 g/mol. The Balaban J connectivity index is 1.73. The number of benzene rings is 2. The molecule has 5 nitrogen and oxygen atoms in total. The van der Waals surface area contributed by atoms with Gasteiger partial charge in [-0.05, 0) is 23.3 Å². The molecule has 1 aliphatic rings. The maximum Gasteiger partial charge on any atom is 0.243 e. The summed E-state index contributed by atoms with van der Waals surface area (Å²) in [6.07, 6.45) is 0.569. The highest BCUT2D eigenvalue weighted by atomic mass is 32.2. The Morgan fingerprint density at radius 3 is 2.67 bits per heavy atom. The van der Waals surface area contributed by atoms with E-state index >= 15 is 0 Å². The van der Waals surface area contributed by atoms with Gasteiger partial charge in [0.05, 0.1) is 24.7 Å². The Bertz CT molecular complexity index is 819. The average molecular weight is 347 g/mol. The van der Waals surface area contributed by atoms with E-state index in [2.05, 4.69) is 6.07 Å². The lowest BCUT2D eigenvalue weighted by molar-refractivity contribution is 0.0202. The van der Waals surface area contributed by atoms with E-state index < -0.39 is 10.0 Å². The Kier molecular flexibility index (Phi) is 4.89. The number of nitrogens with zero attached hydrogens (tertiary/aromatic N) is 1. The van der Waals surface area contributed by atoms with E-state index in [-0.39, 0.29) is 11.0 Å². The van der Waals surface area contributed by atoms with E-state index in [1.165, 1.54) is 28.6 Å². The zero-order valence-electron chi connectivity index (χ0n) is 13.8. The molecule has 3 rings (SSSR count). The Hall–Kier alpha value is -1.89. The first-order valence-corrected chi connectivity index (χ1v) is 9.23. The summed E-state index contributed by atoms with van der Waals surface area (Å²) in [7, 11) is -0.476. The summed E-state index contributed by atoms with van der Waals surface area (Å²) >= 11 is 0. The van der Waals surface area contributed by atoms with E-state index in [0.29, 0.717) is 25.3 Å². The maximum absolute atomic E-state index is 12.7. The van der Waals surface area contributed by atoms with Crippen molar-refractivity contribution in [3.05, 3.63) is 59.7 Å². The normalized spacial score (nSPS) is 17.5. The molecule has 1 atom stereocenters. The van der Waals surface area contributed by atoms with E-state index in [9.17, 15) is 8.42 Å². The van der Waals surface area contributed by atoms with Crippen molar-refractivity contribution in [2.24, 2.45) is 0 Å². The number of hydrogen-bond donors (Lipinski definition) is 0. The fourth-order valence-corrected chi connectivity index (χ4v) is 4.09. The number of fused-ring (bicyclic) bond motifs is 1. The van der Waals surface area contributed by atoms with E-state index in [4.69, 9.17) is 9.47 Å². The summed E-state index contributed by atoms with van der Waals surface area (Å²) < 4.78 is 37.7. The molecule has 2 aromatic rings. The average Bonchev–Trinajstić information content (AvgIpc) is 2.61. The first-order valence-electron chi connectivity index (χ1n) is 7.79. The van der Waals surface area contributed by atoms with E-state index in [1.807, 2.05) is 18.2 Å². The largest absolute Gasteiger partial charge is 0.497 e. The van der Waals surface area contributed by atoms with Gasteiger partial charge in [0.1, 0.15) is 5.75 Å². The summed E-state index contributed by atoms with van der Waals surface area (Å²) in [5, 5.41) is 0. The van der Waals surface area contributed by atoms with Crippen molar-refractivity contribution in [3.63, 3.8) is 0 Å². The molecule has 0 amide bonds. The fraction of sp³-hybridized carbons (Fsp3) is 0.333. The number of rotatable bonds is 5. The molecule has 0 fully saturated rings. The second-order valence-corrected chi connectivity index (χ2v) is 7.92. The van der Waals surface area contributed by atoms with Gasteiger partial charge in [0.2, 0.25) is 10.0 Å². The van der Waals surface area contributed by atoms with Crippen LogP contribution in [-0.4, -0.2) is 39.5 Å². The molecular formula is C18H21NO4S. The predicted octanol–water partition coefficient (Wildman–Crippen LogP) is 2.46. The molecule has 1 unspecified atom stereocenters. The quantitative estimate of drug-likeness (QED) is 0.834. The zero-order chi connectivity index (χ0) is 17.2. The Morgan fingerprint density at radius 1 is 1.17 bits per heavy atom. The van der Waals surface area contributed by atoms with Gasteiger partial charge in [-0.3, -0.25) is 0 Å². The summed E-state index contributed by atoms with van der Waals surface area (Å²) in [5.74, 6) is 0.521. The van der Waals surface area contributed by atoms with Gasteiger partial charge in [-0.2, -0.15) is 4.31 Å². The van der Waals surface area contributed by atoms with Crippen LogP contribution in [0.2, 0.25) is 0 Å². The maximum atomic E-state index is 12.7. The van der Waals surface area contributed by atoms with Gasteiger partial charge in [-0.15, -0.1) is 0 Å². The van der Waals surface area contributed by atoms with Gasteiger partial charge < -0.3 is 9.47 Å². The molecular weight excluding hydrogens is 326 g/mol. The van der Waals surface area contributed by atoms with Crippen LogP contribution in [0.1, 0.15) is 11.1 Å². The summed E-state index contributed by atoms with van der Waals surface area (Å²) in [4.78, 5) is 0.223. The Morgan fingerprint density at radius 2 is 1.92 bits per heavy atom. The first kappa shape index (κ1) is 17.0. The van der Waals surface area contributed by atoms with Crippen LogP contribution in [-0.2, 0) is 27.8 Å². The molecule has 0 saturated carbocycles. The van der Waals surface area contributed by atoms with Crippen molar-refractivity contribution in [2.45, 2.75) is 24.0 Å². The highest BCUT2D eigenvalue weighted by molar-refractivity contribution is 7.89. The minimum atomic E-state index is -3.57. The van der Waals surface area contributed by atoms with Crippen LogP contribution in [0.25, 0.3) is 0 Å². The molecule has 0 N–H and O–H groups in total. The minimum Gasteiger partial charge on any atom is -0.497 e. The van der Waals surface area contributed by atoms with Crippen molar-refractivity contribution >= 4 is 10.0 Å². The molecule has 0 radical (unpaired) electrons. The zero-order valence-corrected chi connectivity index (χ0v) is 14.6. The van der Waals surface area contributed by atoms with Crippen LogP contribution >= 0.6 is 0 Å². The molecule has 0 aromatic heterocycles. The molecule has 0 saturated heterocycles. The second-order valence-electron chi connectivity index (χ2n) is 5.87. The van der Waals surface area contributed by atoms with Gasteiger partial charge in [0.25, 0.3) is 0 Å². The smallest absolute Gasteiger partial charge is 0.243 e. The number of methoxy groups -OCH3 is 1. The second kappa shape index (κ2) is 6.93. The van der Waals surface area contributed by atoms with Crippen molar-refractivity contribution in [1.82, 2.24) is 4.31 Å². The molecule has 0 bridgehead atoms. The van der Waals surface area contributed by atoms with Crippen LogP contribution in [0.5, 0.6) is 5.75 Å². The fourth-order valence-electron chi connectivity index (χ4n) is 2.85. The molecule has 0 spiro atoms. The lowest BCUT2D eigenvalue weighted by atomic mass is 9.99. The molecule has 1 heterocycles. The van der Waals surface area contributed by atoms with Gasteiger partial charge in [0.15, 0.2) is 0 Å². The third-order valence-corrected chi connectivity index (χ3v) is 6.07. The highest BCUT2D eigenvalue weighted by Gasteiger charge is 2.27. The van der Waals surface area contributed by atoms with Gasteiger partial charge in [-0.25, -0.2) is 8.42 Å². The van der Waals surface area contributed by atoms with Crippen molar-refractivity contribution in [3.8, 4) is 5.75 Å². The van der Waals surface area contributed by atoms with Crippen LogP contribution in [0.15, 0.2) is 53.4 Å². The number of sulfonamides is 1. The third-order valence-electron chi connectivity index (χ3n) is 4.25. The summed E-state index contributed by atoms with van der Waals surface area (Å²) in [5.41, 5.74) is 2.40. The first-order chi connectivity index (χ1) is 11.5. The van der Waals surface area contributed by atoms with Gasteiger partial charge >= 0.3 is 0 Å². The molecule has 0 aliphatic carbocycles. The predicted molar refractivity (Wildman–Crippen MR) is 91.5 cm³/mol. The van der Waals surface area contributed by atoms with Gasteiger partial charge in [-0.1, -0.05) is 30.3 Å². The van der Waals surface area contributed by atoms with Crippen molar-refractivity contribution in [2.75, 3.05) is 20.7 Å². The van der Waals surface area contributed by atoms with Crippen LogP contribution in [0.4, 0.5) is 0 Å². The molecule has 24 heavy (non-hydrogen) atoms. The number of ether oxygens (including phenoxy) is 2. The number of hydrogen-bond acceptors (Lipinski definition) is 4. The molecule has 128 valence electrons. The van der Waals surface area contributed by atoms with Crippen LogP contribution < -0.4 is 4.74 Å². The van der Waals surface area contributed by atoms with E-state index in [1.54, 1.807) is 25.2 Å². The van der Waals surface area contributed by atoms with Crippen LogP contribution in [0.3, 0.4) is 0 Å². The van der Waals surface area contributed by atoms with Gasteiger partial charge in [0, 0.05) is 26.1 Å². The minimum absolute atomic E-state index is 0.148. The Labute approximate surface area is 142 Å². The molecule has 2 aromatic carbocycles. The van der Waals surface area contributed by atoms with Crippen molar-refractivity contribution in [1.29, 1.82) is 0 Å². The SMILES string of the molecule is COc1cccc(S(=O)(=O)N(C)CC2Cc3ccccc3CO2)c1. The molecule has 1 aliphatic heterocycles. The summed E-state index contributed by atoms with van der Waals surface area (Å²) in [6, 6.07) is 14.6. The van der Waals surface area contributed by atoms with Crippen molar-refractivity contribution < 1.29 is 17.9 Å². The standard InChI is InChI=1S/C18H21NO4S/c1-19(24(20,21)18-9-5-8-16(11-18)22-2)12-17-10-14-6-3-4-7-15(14)13-23-17/h3-9,11,17H,10,12-13H2,1-2H3. The molecule has 6 heteroatoms. The third kappa shape index (κ3) is 3.45. The lowest BCUT2D eigenvalue weighted by Crippen LogP contribution is -2.38. The number of likely N-dealkylation sites (N-methyl/N-ethyl adjacent to an activating group) is 1.